The summed E-state index contributed by atoms with van der Waals surface area (Å²) < 4.78 is 34.5. The minimum atomic E-state index is -1.91. The van der Waals surface area contributed by atoms with Crippen LogP contribution in [0.15, 0.2) is 23.3 Å². The molecule has 3 saturated heterocycles. The molecule has 18 nitrogen and oxygen atoms in total. The van der Waals surface area contributed by atoms with Crippen molar-refractivity contribution in [3.8, 4) is 0 Å². The Morgan fingerprint density at radius 3 is 2.02 bits per heavy atom. The van der Waals surface area contributed by atoms with Gasteiger partial charge in [0.05, 0.1) is 30.8 Å². The van der Waals surface area contributed by atoms with Gasteiger partial charge in [-0.15, -0.1) is 0 Å². The third-order valence-electron chi connectivity index (χ3n) is 18.6. The molecular weight excluding hydrogens is 865 g/mol. The number of ketones is 1. The number of ether oxygens (including phenoxy) is 6. The van der Waals surface area contributed by atoms with Crippen LogP contribution in [-0.2, 0) is 38.0 Å². The highest BCUT2D eigenvalue weighted by Gasteiger charge is 2.69. The Kier molecular flexibility index (Phi) is 13.3. The molecule has 0 unspecified atom stereocenters. The molecule has 4 saturated carbocycles. The summed E-state index contributed by atoms with van der Waals surface area (Å²) in [6.07, 6.45) is -16.1. The van der Waals surface area contributed by atoms with Gasteiger partial charge >= 0.3 is 5.97 Å². The first-order valence-electron chi connectivity index (χ1n) is 23.8. The number of carbonyl (C=O) groups excluding carboxylic acids is 2. The highest BCUT2D eigenvalue weighted by atomic mass is 16.8. The van der Waals surface area contributed by atoms with Crippen LogP contribution in [0.2, 0.25) is 0 Å². The smallest absolute Gasteiger partial charge is 0.315 e. The van der Waals surface area contributed by atoms with Gasteiger partial charge in [0.25, 0.3) is 0 Å². The average Bonchev–Trinajstić information content (AvgIpc) is 3.26. The van der Waals surface area contributed by atoms with E-state index in [1.165, 1.54) is 12.5 Å². The number of aliphatic hydroxyl groups excluding tert-OH is 10. The molecule has 22 atom stereocenters. The van der Waals surface area contributed by atoms with Gasteiger partial charge in [-0.05, 0) is 85.4 Å². The van der Waals surface area contributed by atoms with Crippen LogP contribution in [0.4, 0.5) is 0 Å². The second-order valence-electron chi connectivity index (χ2n) is 22.9. The van der Waals surface area contributed by atoms with E-state index in [0.29, 0.717) is 25.7 Å². The van der Waals surface area contributed by atoms with Gasteiger partial charge in [-0.1, -0.05) is 71.8 Å². The molecule has 3 aliphatic heterocycles. The zero-order chi connectivity index (χ0) is 48.4. The molecule has 18 heteroatoms. The summed E-state index contributed by atoms with van der Waals surface area (Å²) in [5.41, 5.74) is -0.684. The van der Waals surface area contributed by atoms with E-state index >= 15 is 0 Å². The molecule has 0 aromatic rings. The SMILES string of the molecule is C[C@@H]1O[C@@H](O[C@H]2[C@H](O)[C@@H](O)[C@H](OC[C@H]3O[C@@H](OC(=O)[C@@]45CC[C@]6(C)C(=CC=C7[C@@]8(C)CC[C@@H](O)C(C)(C)[C@@H]8CC[C@]76C)[C@@H]4CC(C)(C)C(=O)C5)[C@H](O)[C@@H](O)[C@@H]3O)O[C@@H]2CO)[C@H](O)[C@H](O)[C@H]1O. The number of hydrogen-bond donors (Lipinski definition) is 10. The van der Waals surface area contributed by atoms with Crippen molar-refractivity contribution in [3.05, 3.63) is 23.3 Å². The maximum absolute atomic E-state index is 14.9. The highest BCUT2D eigenvalue weighted by molar-refractivity contribution is 5.92. The van der Waals surface area contributed by atoms with Gasteiger partial charge in [0, 0.05) is 11.8 Å². The van der Waals surface area contributed by atoms with Crippen LogP contribution in [0.1, 0.15) is 107 Å². The van der Waals surface area contributed by atoms with E-state index in [9.17, 15) is 60.7 Å². The normalized spacial score (nSPS) is 52.1. The number of hydrogen-bond acceptors (Lipinski definition) is 18. The number of aliphatic hydroxyl groups is 10. The summed E-state index contributed by atoms with van der Waals surface area (Å²) in [4.78, 5) is 28.9. The average molecular weight is 939 g/mol. The Hall–Kier alpha value is -1.98. The van der Waals surface area contributed by atoms with Crippen molar-refractivity contribution in [1.29, 1.82) is 0 Å². The van der Waals surface area contributed by atoms with Crippen LogP contribution < -0.4 is 0 Å². The van der Waals surface area contributed by atoms with Gasteiger partial charge in [0.15, 0.2) is 12.6 Å². The van der Waals surface area contributed by atoms with E-state index in [1.54, 1.807) is 0 Å². The fourth-order valence-electron chi connectivity index (χ4n) is 13.9. The summed E-state index contributed by atoms with van der Waals surface area (Å²) in [7, 11) is 0. The number of rotatable bonds is 8. The molecule has 10 N–H and O–H groups in total. The zero-order valence-corrected chi connectivity index (χ0v) is 39.4. The first kappa shape index (κ1) is 50.4. The molecule has 3 heterocycles. The van der Waals surface area contributed by atoms with Crippen LogP contribution >= 0.6 is 0 Å². The van der Waals surface area contributed by atoms with Gasteiger partial charge in [0.1, 0.15) is 72.9 Å². The van der Waals surface area contributed by atoms with Gasteiger partial charge < -0.3 is 79.5 Å². The Bertz CT molecular complexity index is 1920. The minimum Gasteiger partial charge on any atom is -0.432 e. The molecule has 0 amide bonds. The van der Waals surface area contributed by atoms with Crippen molar-refractivity contribution in [2.45, 2.75) is 205 Å². The molecule has 8 aliphatic rings. The van der Waals surface area contributed by atoms with Crippen LogP contribution in [-0.4, -0.2) is 174 Å². The third kappa shape index (κ3) is 7.63. The topological polar surface area (TPSA) is 292 Å². The van der Waals surface area contributed by atoms with E-state index in [1.807, 2.05) is 13.8 Å². The molecule has 0 aromatic carbocycles. The molecule has 0 bridgehead atoms. The molecule has 374 valence electrons. The summed E-state index contributed by atoms with van der Waals surface area (Å²) in [5, 5.41) is 107. The molecule has 5 aliphatic carbocycles. The standard InChI is InChI=1S/C48H74O18/c1-21-30(52)32(54)35(57)40(62-21)65-38-24(19-49)63-39(37(59)34(38)56)61-20-25-31(53)33(55)36(58)41(64-25)66-42(60)48-16-15-46(7)22(23(48)17-43(2,3)29(51)18-48)9-10-27-45(6)13-12-28(50)44(4,5)26(45)11-14-47(27,46)8/h9-10,21,23-26,28,30-41,49-50,52-59H,11-20H2,1-8H3/t21-,23-,24+,25+,26-,28+,30-,31+,32+,33-,34+,35+,36+,37+,38+,39+,40-,41-,45-,46+,47+,48+/m0/s1. The van der Waals surface area contributed by atoms with Crippen molar-refractivity contribution < 1.29 is 89.1 Å². The van der Waals surface area contributed by atoms with Crippen molar-refractivity contribution in [3.63, 3.8) is 0 Å². The number of allylic oxidation sites excluding steroid dienone is 4. The fraction of sp³-hybridized carbons (Fsp3) is 0.875. The molecule has 0 spiro atoms. The Balaban J connectivity index is 1.000. The van der Waals surface area contributed by atoms with Crippen molar-refractivity contribution >= 4 is 11.8 Å². The van der Waals surface area contributed by atoms with Crippen molar-refractivity contribution in [2.24, 2.45) is 44.3 Å². The molecule has 66 heavy (non-hydrogen) atoms. The molecule has 7 fully saturated rings. The van der Waals surface area contributed by atoms with Gasteiger partial charge in [-0.25, -0.2) is 0 Å². The number of esters is 1. The predicted octanol–water partition coefficient (Wildman–Crippen LogP) is 0.267. The zero-order valence-electron chi connectivity index (χ0n) is 39.4. The minimum absolute atomic E-state index is 0.101. The van der Waals surface area contributed by atoms with Crippen LogP contribution in [0, 0.1) is 44.3 Å². The van der Waals surface area contributed by atoms with Gasteiger partial charge in [-0.2, -0.15) is 0 Å². The molecule has 0 radical (unpaired) electrons. The Morgan fingerprint density at radius 1 is 0.697 bits per heavy atom. The molecular formula is C48H74O18. The lowest BCUT2D eigenvalue weighted by atomic mass is 9.36. The first-order valence-corrected chi connectivity index (χ1v) is 23.8. The fourth-order valence-corrected chi connectivity index (χ4v) is 13.9. The monoisotopic (exact) mass is 938 g/mol. The van der Waals surface area contributed by atoms with Gasteiger partial charge in [-0.3, -0.25) is 9.59 Å². The van der Waals surface area contributed by atoms with E-state index in [-0.39, 0.29) is 45.9 Å². The van der Waals surface area contributed by atoms with E-state index in [0.717, 1.165) is 24.8 Å². The summed E-state index contributed by atoms with van der Waals surface area (Å²) in [5.74, 6) is -1.02. The second kappa shape index (κ2) is 17.4. The van der Waals surface area contributed by atoms with Crippen LogP contribution in [0.25, 0.3) is 0 Å². The van der Waals surface area contributed by atoms with E-state index < -0.39 is 128 Å². The maximum Gasteiger partial charge on any atom is 0.315 e. The number of carbonyl (C=O) groups is 2. The van der Waals surface area contributed by atoms with E-state index in [2.05, 4.69) is 46.8 Å². The Morgan fingerprint density at radius 2 is 1.33 bits per heavy atom. The second-order valence-corrected chi connectivity index (χ2v) is 22.9. The largest absolute Gasteiger partial charge is 0.432 e. The molecule has 8 rings (SSSR count). The van der Waals surface area contributed by atoms with Gasteiger partial charge in [0.2, 0.25) is 6.29 Å². The summed E-state index contributed by atoms with van der Waals surface area (Å²) in [6, 6.07) is 0. The lowest BCUT2D eigenvalue weighted by Crippen LogP contribution is -2.65. The number of Topliss-reactive ketones (excluding diaryl/α,β-unsaturated/α-hetero) is 1. The summed E-state index contributed by atoms with van der Waals surface area (Å²) in [6.45, 7) is 15.1. The predicted molar refractivity (Wildman–Crippen MR) is 229 cm³/mol. The number of fused-ring (bicyclic) bond motifs is 7. The third-order valence-corrected chi connectivity index (χ3v) is 18.6. The first-order chi connectivity index (χ1) is 30.7. The van der Waals surface area contributed by atoms with E-state index in [4.69, 9.17) is 28.4 Å². The van der Waals surface area contributed by atoms with Crippen LogP contribution in [0.3, 0.4) is 0 Å². The van der Waals surface area contributed by atoms with Crippen molar-refractivity contribution in [1.82, 2.24) is 0 Å². The van der Waals surface area contributed by atoms with Crippen LogP contribution in [0.5, 0.6) is 0 Å². The lowest BCUT2D eigenvalue weighted by molar-refractivity contribution is -0.361. The lowest BCUT2D eigenvalue weighted by Gasteiger charge is -2.68. The quantitative estimate of drug-likeness (QED) is 0.146. The van der Waals surface area contributed by atoms with Crippen molar-refractivity contribution in [2.75, 3.05) is 13.2 Å². The molecule has 0 aromatic heterocycles. The highest BCUT2D eigenvalue weighted by Crippen LogP contribution is 2.74. The maximum atomic E-state index is 14.9. The summed E-state index contributed by atoms with van der Waals surface area (Å²) >= 11 is 0. The Labute approximate surface area is 385 Å².